The maximum atomic E-state index is 12.9. The number of thiophene rings is 1. The summed E-state index contributed by atoms with van der Waals surface area (Å²) in [6, 6.07) is 7.72. The van der Waals surface area contributed by atoms with Crippen LogP contribution in [0.4, 0.5) is 5.00 Å². The fourth-order valence-electron chi connectivity index (χ4n) is 3.80. The van der Waals surface area contributed by atoms with Crippen LogP contribution in [0.1, 0.15) is 59.0 Å². The lowest BCUT2D eigenvalue weighted by Gasteiger charge is -2.11. The molecular formula is C22H23BrN2O4S. The number of hydrogen-bond acceptors (Lipinski definition) is 6. The number of rotatable bonds is 5. The number of oxime groups is 1. The van der Waals surface area contributed by atoms with Crippen molar-refractivity contribution in [3.05, 3.63) is 50.3 Å². The third-order valence-electron chi connectivity index (χ3n) is 5.26. The maximum Gasteiger partial charge on any atom is 0.341 e. The number of fused-ring (bicyclic) bond motifs is 1. The zero-order valence-corrected chi connectivity index (χ0v) is 19.1. The summed E-state index contributed by atoms with van der Waals surface area (Å²) in [4.78, 5) is 32.1. The van der Waals surface area contributed by atoms with E-state index in [1.54, 1.807) is 6.92 Å². The van der Waals surface area contributed by atoms with Gasteiger partial charge in [0.2, 0.25) is 6.10 Å². The summed E-state index contributed by atoms with van der Waals surface area (Å²) in [6.07, 6.45) is 4.71. The van der Waals surface area contributed by atoms with Crippen molar-refractivity contribution >= 4 is 49.9 Å². The van der Waals surface area contributed by atoms with Crippen LogP contribution in [0.25, 0.3) is 0 Å². The zero-order valence-electron chi connectivity index (χ0n) is 16.7. The number of carbonyl (C=O) groups is 2. The Hall–Kier alpha value is -2.19. The van der Waals surface area contributed by atoms with E-state index in [0.29, 0.717) is 23.6 Å². The van der Waals surface area contributed by atoms with Crippen LogP contribution < -0.4 is 5.32 Å². The van der Waals surface area contributed by atoms with E-state index in [2.05, 4.69) is 26.4 Å². The number of amides is 1. The summed E-state index contributed by atoms with van der Waals surface area (Å²) in [5, 5.41) is 7.59. The molecule has 1 aromatic heterocycles. The van der Waals surface area contributed by atoms with E-state index in [1.807, 2.05) is 24.3 Å². The summed E-state index contributed by atoms with van der Waals surface area (Å²) >= 11 is 4.93. The van der Waals surface area contributed by atoms with Crippen molar-refractivity contribution < 1.29 is 19.2 Å². The number of carbonyl (C=O) groups excluding carboxylic acids is 2. The van der Waals surface area contributed by atoms with Crippen LogP contribution >= 0.6 is 27.3 Å². The Morgan fingerprint density at radius 1 is 1.30 bits per heavy atom. The molecule has 2 aromatic rings. The van der Waals surface area contributed by atoms with Gasteiger partial charge in [0.15, 0.2) is 0 Å². The van der Waals surface area contributed by atoms with Gasteiger partial charge in [-0.25, -0.2) is 4.79 Å². The molecule has 1 N–H and O–H groups in total. The molecule has 1 aliphatic carbocycles. The molecule has 0 fully saturated rings. The van der Waals surface area contributed by atoms with Gasteiger partial charge in [0.05, 0.1) is 17.9 Å². The molecule has 0 bridgehead atoms. The van der Waals surface area contributed by atoms with Gasteiger partial charge in [-0.1, -0.05) is 39.6 Å². The highest BCUT2D eigenvalue weighted by atomic mass is 79.9. The highest BCUT2D eigenvalue weighted by Crippen LogP contribution is 2.38. The lowest BCUT2D eigenvalue weighted by atomic mass is 10.0. The normalized spacial score (nSPS) is 18.1. The molecule has 8 heteroatoms. The van der Waals surface area contributed by atoms with Gasteiger partial charge in [-0.05, 0) is 50.3 Å². The lowest BCUT2D eigenvalue weighted by Crippen LogP contribution is -2.28. The molecule has 2 heterocycles. The predicted molar refractivity (Wildman–Crippen MR) is 120 cm³/mol. The molecule has 1 atom stereocenters. The average Bonchev–Trinajstić information content (AvgIpc) is 3.28. The first-order chi connectivity index (χ1) is 14.6. The van der Waals surface area contributed by atoms with Crippen LogP contribution in [-0.4, -0.2) is 30.3 Å². The molecule has 1 amide bonds. The Labute approximate surface area is 187 Å². The molecule has 1 aliphatic heterocycles. The number of benzene rings is 1. The van der Waals surface area contributed by atoms with Gasteiger partial charge in [-0.15, -0.1) is 11.3 Å². The monoisotopic (exact) mass is 490 g/mol. The van der Waals surface area contributed by atoms with Crippen molar-refractivity contribution in [2.45, 2.75) is 51.6 Å². The number of nitrogens with one attached hydrogen (secondary N) is 1. The van der Waals surface area contributed by atoms with Crippen LogP contribution in [0.5, 0.6) is 0 Å². The van der Waals surface area contributed by atoms with E-state index in [1.165, 1.54) is 16.2 Å². The Morgan fingerprint density at radius 2 is 2.13 bits per heavy atom. The standard InChI is InChI=1S/C22H23BrN2O4S/c1-2-28-22(27)19-15-9-4-3-5-10-18(15)30-21(19)24-20(26)17-12-16(25-29-17)13-7-6-8-14(23)11-13/h6-8,11,17H,2-5,9-10,12H2,1H3,(H,24,26). The third-order valence-corrected chi connectivity index (χ3v) is 6.96. The van der Waals surface area contributed by atoms with Gasteiger partial charge in [0.1, 0.15) is 5.00 Å². The second kappa shape index (κ2) is 9.31. The number of ether oxygens (including phenoxy) is 1. The highest BCUT2D eigenvalue weighted by molar-refractivity contribution is 9.10. The number of esters is 1. The molecule has 0 spiro atoms. The molecule has 158 valence electrons. The maximum absolute atomic E-state index is 12.9. The lowest BCUT2D eigenvalue weighted by molar-refractivity contribution is -0.125. The number of hydrogen-bond donors (Lipinski definition) is 1. The summed E-state index contributed by atoms with van der Waals surface area (Å²) in [5.41, 5.74) is 3.18. The van der Waals surface area contributed by atoms with Crippen molar-refractivity contribution in [2.24, 2.45) is 5.16 Å². The largest absolute Gasteiger partial charge is 0.462 e. The molecule has 0 radical (unpaired) electrons. The summed E-state index contributed by atoms with van der Waals surface area (Å²) in [6.45, 7) is 2.08. The third kappa shape index (κ3) is 4.44. The zero-order chi connectivity index (χ0) is 21.1. The van der Waals surface area contributed by atoms with Crippen LogP contribution in [0.15, 0.2) is 33.9 Å². The Kier molecular flexibility index (Phi) is 6.53. The Morgan fingerprint density at radius 3 is 2.93 bits per heavy atom. The number of anilines is 1. The van der Waals surface area contributed by atoms with Gasteiger partial charge in [0, 0.05) is 21.3 Å². The van der Waals surface area contributed by atoms with Crippen molar-refractivity contribution in [2.75, 3.05) is 11.9 Å². The van der Waals surface area contributed by atoms with Gasteiger partial charge >= 0.3 is 5.97 Å². The fraction of sp³-hybridized carbons (Fsp3) is 0.409. The van der Waals surface area contributed by atoms with E-state index in [9.17, 15) is 9.59 Å². The molecule has 4 rings (SSSR count). The Balaban J connectivity index is 1.51. The average molecular weight is 491 g/mol. The first-order valence-corrected chi connectivity index (χ1v) is 11.8. The summed E-state index contributed by atoms with van der Waals surface area (Å²) in [5.74, 6) is -0.670. The van der Waals surface area contributed by atoms with Crippen molar-refractivity contribution in [1.82, 2.24) is 0 Å². The van der Waals surface area contributed by atoms with E-state index >= 15 is 0 Å². The second-order valence-electron chi connectivity index (χ2n) is 7.32. The first kappa shape index (κ1) is 21.1. The quantitative estimate of drug-likeness (QED) is 0.467. The first-order valence-electron chi connectivity index (χ1n) is 10.2. The fourth-order valence-corrected chi connectivity index (χ4v) is 5.48. The number of nitrogens with zero attached hydrogens (tertiary/aromatic N) is 1. The minimum atomic E-state index is -0.726. The van der Waals surface area contributed by atoms with Gasteiger partial charge in [-0.3, -0.25) is 4.79 Å². The SMILES string of the molecule is CCOC(=O)c1c(NC(=O)C2CC(c3cccc(Br)c3)=NO2)sc2c1CCCCC2. The molecule has 2 aliphatic rings. The smallest absolute Gasteiger partial charge is 0.341 e. The summed E-state index contributed by atoms with van der Waals surface area (Å²) < 4.78 is 6.22. The van der Waals surface area contributed by atoms with E-state index in [4.69, 9.17) is 9.57 Å². The molecular weight excluding hydrogens is 468 g/mol. The Bertz CT molecular complexity index is 1000. The van der Waals surface area contributed by atoms with Crippen molar-refractivity contribution in [1.29, 1.82) is 0 Å². The number of aryl methyl sites for hydroxylation is 1. The topological polar surface area (TPSA) is 77.0 Å². The number of halogens is 1. The highest BCUT2D eigenvalue weighted by Gasteiger charge is 2.32. The molecule has 6 nitrogen and oxygen atoms in total. The molecule has 0 saturated heterocycles. The van der Waals surface area contributed by atoms with E-state index < -0.39 is 6.10 Å². The molecule has 1 unspecified atom stereocenters. The van der Waals surface area contributed by atoms with Crippen molar-refractivity contribution in [3.8, 4) is 0 Å². The second-order valence-corrected chi connectivity index (χ2v) is 9.35. The molecule has 1 aromatic carbocycles. The van der Waals surface area contributed by atoms with Crippen LogP contribution in [0, 0.1) is 0 Å². The van der Waals surface area contributed by atoms with E-state index in [-0.39, 0.29) is 11.9 Å². The van der Waals surface area contributed by atoms with Crippen molar-refractivity contribution in [3.63, 3.8) is 0 Å². The van der Waals surface area contributed by atoms with Gasteiger partial charge in [0.25, 0.3) is 5.91 Å². The van der Waals surface area contributed by atoms with Crippen LogP contribution in [-0.2, 0) is 27.2 Å². The summed E-state index contributed by atoms with van der Waals surface area (Å²) in [7, 11) is 0. The molecule has 0 saturated carbocycles. The van der Waals surface area contributed by atoms with E-state index in [0.717, 1.165) is 53.4 Å². The van der Waals surface area contributed by atoms with Gasteiger partial charge < -0.3 is 14.9 Å². The molecule has 30 heavy (non-hydrogen) atoms. The van der Waals surface area contributed by atoms with Crippen LogP contribution in [0.3, 0.4) is 0 Å². The van der Waals surface area contributed by atoms with Gasteiger partial charge in [-0.2, -0.15) is 0 Å². The minimum absolute atomic E-state index is 0.298. The van der Waals surface area contributed by atoms with Crippen LogP contribution in [0.2, 0.25) is 0 Å². The predicted octanol–water partition coefficient (Wildman–Crippen LogP) is 5.09. The minimum Gasteiger partial charge on any atom is -0.462 e.